The lowest BCUT2D eigenvalue weighted by molar-refractivity contribution is -0.870. The van der Waals surface area contributed by atoms with Crippen LogP contribution in [-0.2, 0) is 32.7 Å². The Labute approximate surface area is 408 Å². The van der Waals surface area contributed by atoms with Gasteiger partial charge in [0.05, 0.1) is 27.7 Å². The summed E-state index contributed by atoms with van der Waals surface area (Å²) in [7, 11) is 1.15. The molecule has 0 aromatic rings. The van der Waals surface area contributed by atoms with Crippen LogP contribution >= 0.6 is 7.82 Å². The van der Waals surface area contributed by atoms with Crippen LogP contribution in [-0.4, -0.2) is 70.0 Å². The Hall–Kier alpha value is -1.77. The van der Waals surface area contributed by atoms with Gasteiger partial charge in [0.25, 0.3) is 7.82 Å². The van der Waals surface area contributed by atoms with E-state index in [1.807, 2.05) is 21.1 Å². The lowest BCUT2D eigenvalue weighted by atomic mass is 10.0. The summed E-state index contributed by atoms with van der Waals surface area (Å²) in [5.41, 5.74) is 0. The van der Waals surface area contributed by atoms with Crippen LogP contribution in [0.5, 0.6) is 0 Å². The third kappa shape index (κ3) is 51.6. The van der Waals surface area contributed by atoms with E-state index in [2.05, 4.69) is 50.3 Å². The van der Waals surface area contributed by atoms with Gasteiger partial charge in [0, 0.05) is 12.8 Å². The summed E-state index contributed by atoms with van der Waals surface area (Å²) in [6.45, 7) is 4.21. The summed E-state index contributed by atoms with van der Waals surface area (Å²) in [6.07, 6.45) is 57.6. The van der Waals surface area contributed by atoms with E-state index in [-0.39, 0.29) is 26.1 Å². The van der Waals surface area contributed by atoms with E-state index >= 15 is 0 Å². The first-order valence-electron chi connectivity index (χ1n) is 27.7. The Morgan fingerprint density at radius 3 is 1.29 bits per heavy atom. The predicted octanol–water partition coefficient (Wildman–Crippen LogP) is 16.2. The van der Waals surface area contributed by atoms with Crippen LogP contribution in [0.15, 0.2) is 36.5 Å². The lowest BCUT2D eigenvalue weighted by Crippen LogP contribution is -2.37. The molecule has 0 aliphatic carbocycles. The third-order valence-corrected chi connectivity index (χ3v) is 13.1. The molecular formula is C56H106NO8P. The van der Waals surface area contributed by atoms with Gasteiger partial charge in [-0.2, -0.15) is 0 Å². The number of carbonyl (C=O) groups is 2. The van der Waals surface area contributed by atoms with Gasteiger partial charge < -0.3 is 27.9 Å². The molecule has 0 aliphatic rings. The minimum atomic E-state index is -4.64. The maximum atomic E-state index is 12.8. The van der Waals surface area contributed by atoms with E-state index in [1.165, 1.54) is 180 Å². The number of quaternary nitrogens is 1. The summed E-state index contributed by atoms with van der Waals surface area (Å²) in [6, 6.07) is 0. The normalized spacial score (nSPS) is 13.6. The van der Waals surface area contributed by atoms with E-state index < -0.39 is 32.5 Å². The minimum Gasteiger partial charge on any atom is -0.756 e. The quantitative estimate of drug-likeness (QED) is 0.0195. The number of likely N-dealkylation sites (N-methyl/N-ethyl adjacent to an activating group) is 1. The Morgan fingerprint density at radius 2 is 0.833 bits per heavy atom. The highest BCUT2D eigenvalue weighted by Gasteiger charge is 2.21. The molecule has 0 fully saturated rings. The van der Waals surface area contributed by atoms with Crippen LogP contribution in [0.1, 0.15) is 258 Å². The summed E-state index contributed by atoms with van der Waals surface area (Å²) < 4.78 is 34.1. The van der Waals surface area contributed by atoms with Gasteiger partial charge in [-0.05, 0) is 64.2 Å². The van der Waals surface area contributed by atoms with Gasteiger partial charge in [0.1, 0.15) is 19.8 Å². The molecule has 0 heterocycles. The van der Waals surface area contributed by atoms with E-state index in [9.17, 15) is 19.0 Å². The Morgan fingerprint density at radius 1 is 0.470 bits per heavy atom. The van der Waals surface area contributed by atoms with Gasteiger partial charge in [-0.3, -0.25) is 14.2 Å². The van der Waals surface area contributed by atoms with E-state index in [4.69, 9.17) is 18.5 Å². The summed E-state index contributed by atoms with van der Waals surface area (Å²) in [5.74, 6) is -0.867. The molecule has 1 unspecified atom stereocenters. The van der Waals surface area contributed by atoms with Crippen LogP contribution in [0.4, 0.5) is 0 Å². The van der Waals surface area contributed by atoms with Crippen molar-refractivity contribution in [1.29, 1.82) is 0 Å². The van der Waals surface area contributed by atoms with Gasteiger partial charge in [-0.1, -0.05) is 217 Å². The van der Waals surface area contributed by atoms with Crippen LogP contribution in [0.25, 0.3) is 0 Å². The number of unbranched alkanes of at least 4 members (excludes halogenated alkanes) is 31. The highest BCUT2D eigenvalue weighted by molar-refractivity contribution is 7.45. The molecule has 66 heavy (non-hydrogen) atoms. The topological polar surface area (TPSA) is 111 Å². The minimum absolute atomic E-state index is 0.0354. The van der Waals surface area contributed by atoms with Gasteiger partial charge in [-0.15, -0.1) is 0 Å². The van der Waals surface area contributed by atoms with Gasteiger partial charge in [-0.25, -0.2) is 0 Å². The van der Waals surface area contributed by atoms with Gasteiger partial charge in [0.2, 0.25) is 0 Å². The van der Waals surface area contributed by atoms with Crippen molar-refractivity contribution in [3.63, 3.8) is 0 Å². The van der Waals surface area contributed by atoms with Crippen molar-refractivity contribution >= 4 is 19.8 Å². The zero-order chi connectivity index (χ0) is 48.5. The average molecular weight is 952 g/mol. The Kier molecular flexibility index (Phi) is 47.0. The van der Waals surface area contributed by atoms with Crippen LogP contribution in [0, 0.1) is 0 Å². The molecule has 10 heteroatoms. The zero-order valence-corrected chi connectivity index (χ0v) is 44.8. The average Bonchev–Trinajstić information content (AvgIpc) is 3.27. The second-order valence-electron chi connectivity index (χ2n) is 19.9. The number of hydrogen-bond acceptors (Lipinski definition) is 8. The molecule has 0 aromatic carbocycles. The predicted molar refractivity (Wildman–Crippen MR) is 277 cm³/mol. The fourth-order valence-corrected chi connectivity index (χ4v) is 8.54. The largest absolute Gasteiger partial charge is 0.756 e. The van der Waals surface area contributed by atoms with Crippen LogP contribution in [0.2, 0.25) is 0 Å². The molecule has 0 spiro atoms. The molecule has 0 saturated heterocycles. The first-order chi connectivity index (χ1) is 32.0. The molecule has 0 bridgehead atoms. The van der Waals surface area contributed by atoms with Crippen molar-refractivity contribution in [3.8, 4) is 0 Å². The number of carbonyl (C=O) groups excluding carboxylic acids is 2. The van der Waals surface area contributed by atoms with Crippen molar-refractivity contribution in [3.05, 3.63) is 36.5 Å². The Bertz CT molecular complexity index is 1210. The number of ether oxygens (including phenoxy) is 2. The van der Waals surface area contributed by atoms with Gasteiger partial charge >= 0.3 is 11.9 Å². The highest BCUT2D eigenvalue weighted by atomic mass is 31.2. The number of phosphoric acid groups is 1. The zero-order valence-electron chi connectivity index (χ0n) is 43.9. The molecule has 0 aliphatic heterocycles. The molecular weight excluding hydrogens is 846 g/mol. The van der Waals surface area contributed by atoms with Gasteiger partial charge in [0.15, 0.2) is 6.10 Å². The smallest absolute Gasteiger partial charge is 0.306 e. The first kappa shape index (κ1) is 64.2. The van der Waals surface area contributed by atoms with Crippen molar-refractivity contribution in [1.82, 2.24) is 0 Å². The number of esters is 2. The monoisotopic (exact) mass is 952 g/mol. The molecule has 0 N–H and O–H groups in total. The number of allylic oxidation sites excluding steroid dienone is 6. The number of hydrogen-bond donors (Lipinski definition) is 0. The van der Waals surface area contributed by atoms with Crippen molar-refractivity contribution < 1.29 is 42.1 Å². The van der Waals surface area contributed by atoms with E-state index in [1.54, 1.807) is 0 Å². The molecule has 0 radical (unpaired) electrons. The molecule has 0 rings (SSSR count). The maximum Gasteiger partial charge on any atom is 0.306 e. The number of rotatable bonds is 51. The first-order valence-corrected chi connectivity index (χ1v) is 29.2. The third-order valence-electron chi connectivity index (χ3n) is 12.1. The second kappa shape index (κ2) is 48.3. The summed E-state index contributed by atoms with van der Waals surface area (Å²) >= 11 is 0. The molecule has 0 amide bonds. The molecule has 2 atom stereocenters. The van der Waals surface area contributed by atoms with E-state index in [0.29, 0.717) is 17.4 Å². The fourth-order valence-electron chi connectivity index (χ4n) is 7.81. The summed E-state index contributed by atoms with van der Waals surface area (Å²) in [5, 5.41) is 0. The lowest BCUT2D eigenvalue weighted by Gasteiger charge is -2.28. The molecule has 388 valence electrons. The Balaban J connectivity index is 4.21. The highest BCUT2D eigenvalue weighted by Crippen LogP contribution is 2.38. The SMILES string of the molecule is CCCCC/C=C/C/C=C/CCCCCCCCCCCC(=O)OC[C@H](COP(=O)([O-])OCC[N+](C)(C)C)OC(=O)CCC/C=C/CCCCCCCCCCCCCCCCCCCC. The molecule has 9 nitrogen and oxygen atoms in total. The second-order valence-corrected chi connectivity index (χ2v) is 21.4. The van der Waals surface area contributed by atoms with Crippen molar-refractivity contribution in [2.75, 3.05) is 47.5 Å². The fraction of sp³-hybridized carbons (Fsp3) is 0.857. The summed E-state index contributed by atoms with van der Waals surface area (Å²) in [4.78, 5) is 37.8. The van der Waals surface area contributed by atoms with E-state index in [0.717, 1.165) is 44.9 Å². The van der Waals surface area contributed by atoms with Crippen LogP contribution < -0.4 is 4.89 Å². The standard InChI is InChI=1S/C56H106NO8P/c1-6-8-10-12-14-16-18-20-22-24-26-27-28-29-31-33-35-37-39-41-43-45-47-49-56(59)65-54(53-64-66(60,61)63-51-50-57(3,4)5)52-62-55(58)48-46-44-42-40-38-36-34-32-30-25-23-21-19-17-15-13-11-9-7-2/h15,17,21,23,41,43,54H,6-14,16,18-20,22,24-40,42,44-53H2,1-5H3/b17-15+,23-21+,43-41+/t54-/m1/s1. The number of nitrogens with zero attached hydrogens (tertiary/aromatic N) is 1. The maximum absolute atomic E-state index is 12.8. The molecule has 0 saturated carbocycles. The van der Waals surface area contributed by atoms with Crippen LogP contribution in [0.3, 0.4) is 0 Å². The van der Waals surface area contributed by atoms with Crippen molar-refractivity contribution in [2.24, 2.45) is 0 Å². The molecule has 0 aromatic heterocycles. The number of phosphoric ester groups is 1. The van der Waals surface area contributed by atoms with Crippen molar-refractivity contribution in [2.45, 2.75) is 264 Å².